The number of carboxylic acid groups (broad SMARTS) is 2. The minimum atomic E-state index is -1.07. The van der Waals surface area contributed by atoms with Gasteiger partial charge < -0.3 is 15.5 Å². The summed E-state index contributed by atoms with van der Waals surface area (Å²) < 4.78 is 0. The van der Waals surface area contributed by atoms with E-state index in [9.17, 15) is 19.8 Å². The van der Waals surface area contributed by atoms with Gasteiger partial charge in [0.2, 0.25) is 0 Å². The molecule has 100 valence electrons. The smallest absolute Gasteiger partial charge is 0.334 e. The maximum absolute atomic E-state index is 11.4. The molecule has 0 radical (unpaired) electrons. The van der Waals surface area contributed by atoms with Gasteiger partial charge in [-0.1, -0.05) is 27.7 Å². The van der Waals surface area contributed by atoms with Crippen molar-refractivity contribution in [1.29, 1.82) is 0 Å². The highest BCUT2D eigenvalue weighted by Crippen LogP contribution is 2.42. The summed E-state index contributed by atoms with van der Waals surface area (Å²) in [6.07, 6.45) is 1.06. The third-order valence-corrected chi connectivity index (χ3v) is 3.29. The second kappa shape index (κ2) is 4.84. The molecule has 1 aliphatic rings. The predicted molar refractivity (Wildman–Crippen MR) is 66.8 cm³/mol. The van der Waals surface area contributed by atoms with Gasteiger partial charge in [0.25, 0.3) is 0 Å². The molecule has 0 amide bonds. The summed E-state index contributed by atoms with van der Waals surface area (Å²) in [5, 5.41) is 21.6. The number of allylic oxidation sites excluding steroid dienone is 2. The number of dihydropyridines is 1. The van der Waals surface area contributed by atoms with Gasteiger partial charge in [0.15, 0.2) is 0 Å². The Morgan fingerprint density at radius 2 is 1.33 bits per heavy atom. The Morgan fingerprint density at radius 1 is 1.00 bits per heavy atom. The summed E-state index contributed by atoms with van der Waals surface area (Å²) in [4.78, 5) is 22.8. The van der Waals surface area contributed by atoms with Crippen molar-refractivity contribution in [2.75, 3.05) is 0 Å². The number of nitrogens with one attached hydrogen (secondary N) is 1. The van der Waals surface area contributed by atoms with E-state index in [1.807, 2.05) is 13.8 Å². The van der Waals surface area contributed by atoms with Crippen molar-refractivity contribution in [2.24, 2.45) is 5.41 Å². The van der Waals surface area contributed by atoms with Crippen LogP contribution in [0.5, 0.6) is 0 Å². The summed E-state index contributed by atoms with van der Waals surface area (Å²) in [7, 11) is 0. The van der Waals surface area contributed by atoms with Crippen LogP contribution in [0.1, 0.15) is 40.5 Å². The first-order chi connectivity index (χ1) is 8.27. The number of carboxylic acids is 2. The quantitative estimate of drug-likeness (QED) is 0.714. The number of hydrogen-bond acceptors (Lipinski definition) is 3. The predicted octanol–water partition coefficient (Wildman–Crippen LogP) is 2.11. The largest absolute Gasteiger partial charge is 0.478 e. The van der Waals surface area contributed by atoms with Crippen LogP contribution < -0.4 is 5.32 Å². The van der Waals surface area contributed by atoms with Crippen LogP contribution in [0, 0.1) is 5.41 Å². The normalized spacial score (nSPS) is 18.7. The molecule has 18 heavy (non-hydrogen) atoms. The summed E-state index contributed by atoms with van der Waals surface area (Å²) >= 11 is 0. The fourth-order valence-electron chi connectivity index (χ4n) is 2.51. The van der Waals surface area contributed by atoms with Crippen molar-refractivity contribution < 1.29 is 19.8 Å². The van der Waals surface area contributed by atoms with Crippen molar-refractivity contribution >= 4 is 11.9 Å². The van der Waals surface area contributed by atoms with E-state index < -0.39 is 17.4 Å². The van der Waals surface area contributed by atoms with E-state index in [0.717, 1.165) is 0 Å². The van der Waals surface area contributed by atoms with Crippen LogP contribution in [0.3, 0.4) is 0 Å². The van der Waals surface area contributed by atoms with E-state index >= 15 is 0 Å². The average Bonchev–Trinajstić information content (AvgIpc) is 2.24. The molecule has 0 spiro atoms. The Bertz CT molecular complexity index is 418. The van der Waals surface area contributed by atoms with E-state index in [4.69, 9.17) is 0 Å². The van der Waals surface area contributed by atoms with Crippen molar-refractivity contribution in [3.05, 3.63) is 22.5 Å². The topological polar surface area (TPSA) is 86.6 Å². The zero-order valence-electron chi connectivity index (χ0n) is 11.1. The molecule has 3 N–H and O–H groups in total. The molecule has 0 saturated carbocycles. The van der Waals surface area contributed by atoms with Gasteiger partial charge in [-0.25, -0.2) is 9.59 Å². The van der Waals surface area contributed by atoms with E-state index in [-0.39, 0.29) is 11.1 Å². The van der Waals surface area contributed by atoms with Crippen molar-refractivity contribution in [1.82, 2.24) is 5.32 Å². The maximum atomic E-state index is 11.4. The van der Waals surface area contributed by atoms with Crippen LogP contribution in [0.4, 0.5) is 0 Å². The highest BCUT2D eigenvalue weighted by atomic mass is 16.4. The average molecular weight is 253 g/mol. The van der Waals surface area contributed by atoms with Crippen LogP contribution in [-0.2, 0) is 9.59 Å². The summed E-state index contributed by atoms with van der Waals surface area (Å²) in [5.41, 5.74) is 0.461. The zero-order valence-corrected chi connectivity index (χ0v) is 11.1. The van der Waals surface area contributed by atoms with E-state index in [2.05, 4.69) is 5.32 Å². The summed E-state index contributed by atoms with van der Waals surface area (Å²) in [6, 6.07) is 0. The van der Waals surface area contributed by atoms with Crippen LogP contribution in [0.15, 0.2) is 22.5 Å². The minimum Gasteiger partial charge on any atom is -0.478 e. The zero-order chi connectivity index (χ0) is 14.1. The van der Waals surface area contributed by atoms with E-state index in [0.29, 0.717) is 24.2 Å². The van der Waals surface area contributed by atoms with Crippen LogP contribution in [0.25, 0.3) is 0 Å². The number of aliphatic carboxylic acids is 2. The highest BCUT2D eigenvalue weighted by molar-refractivity contribution is 5.97. The van der Waals surface area contributed by atoms with Gasteiger partial charge in [-0.05, 0) is 12.8 Å². The molecule has 0 aromatic rings. The first-order valence-electron chi connectivity index (χ1n) is 5.98. The van der Waals surface area contributed by atoms with Crippen molar-refractivity contribution in [3.63, 3.8) is 0 Å². The summed E-state index contributed by atoms with van der Waals surface area (Å²) in [5.74, 6) is -2.14. The van der Waals surface area contributed by atoms with Gasteiger partial charge in [-0.15, -0.1) is 0 Å². The van der Waals surface area contributed by atoms with E-state index in [1.54, 1.807) is 13.8 Å². The Balaban J connectivity index is 3.50. The van der Waals surface area contributed by atoms with Gasteiger partial charge in [0.05, 0.1) is 11.1 Å². The molecular weight excluding hydrogens is 234 g/mol. The second-order valence-corrected chi connectivity index (χ2v) is 4.77. The van der Waals surface area contributed by atoms with Crippen LogP contribution in [0.2, 0.25) is 0 Å². The van der Waals surface area contributed by atoms with Crippen LogP contribution >= 0.6 is 0 Å². The van der Waals surface area contributed by atoms with E-state index in [1.165, 1.54) is 0 Å². The third kappa shape index (κ3) is 2.12. The Kier molecular flexibility index (Phi) is 3.84. The molecular formula is C13H19NO4. The molecule has 0 aromatic carbocycles. The van der Waals surface area contributed by atoms with Crippen LogP contribution in [-0.4, -0.2) is 22.2 Å². The lowest BCUT2D eigenvalue weighted by atomic mass is 9.72. The Hall–Kier alpha value is -1.78. The van der Waals surface area contributed by atoms with Gasteiger partial charge in [0, 0.05) is 16.8 Å². The van der Waals surface area contributed by atoms with Crippen molar-refractivity contribution in [3.8, 4) is 0 Å². The molecule has 1 rings (SSSR count). The lowest BCUT2D eigenvalue weighted by Gasteiger charge is -2.35. The molecule has 5 heteroatoms. The first kappa shape index (κ1) is 14.3. The first-order valence-corrected chi connectivity index (χ1v) is 5.98. The minimum absolute atomic E-state index is 0.139. The molecule has 5 nitrogen and oxygen atoms in total. The lowest BCUT2D eigenvalue weighted by Crippen LogP contribution is -2.38. The second-order valence-electron chi connectivity index (χ2n) is 4.77. The van der Waals surface area contributed by atoms with Gasteiger partial charge in [-0.3, -0.25) is 0 Å². The molecule has 0 atom stereocenters. The molecule has 0 saturated heterocycles. The molecule has 0 unspecified atom stereocenters. The molecule has 0 aromatic heterocycles. The Labute approximate surface area is 106 Å². The Morgan fingerprint density at radius 3 is 1.56 bits per heavy atom. The molecule has 0 bridgehead atoms. The molecule has 1 heterocycles. The number of hydrogen-bond donors (Lipinski definition) is 3. The highest BCUT2D eigenvalue weighted by Gasteiger charge is 2.42. The monoisotopic (exact) mass is 253 g/mol. The molecule has 0 aliphatic carbocycles. The maximum Gasteiger partial charge on any atom is 0.334 e. The molecule has 1 aliphatic heterocycles. The van der Waals surface area contributed by atoms with Crippen molar-refractivity contribution in [2.45, 2.75) is 40.5 Å². The van der Waals surface area contributed by atoms with Gasteiger partial charge >= 0.3 is 11.9 Å². The number of rotatable bonds is 4. The standard InChI is InChI=1S/C13H19NO4/c1-5-7-9(11(15)16)13(3,4)10(12(17)18)8(6-2)14-7/h14H,5-6H2,1-4H3,(H,15,16)(H,17,18). The lowest BCUT2D eigenvalue weighted by molar-refractivity contribution is -0.135. The van der Waals surface area contributed by atoms with Gasteiger partial charge in [0.1, 0.15) is 0 Å². The number of carbonyl (C=O) groups is 2. The molecule has 0 fully saturated rings. The fourth-order valence-corrected chi connectivity index (χ4v) is 2.51. The third-order valence-electron chi connectivity index (χ3n) is 3.29. The van der Waals surface area contributed by atoms with Gasteiger partial charge in [-0.2, -0.15) is 0 Å². The summed E-state index contributed by atoms with van der Waals surface area (Å²) in [6.45, 7) is 6.99. The fraction of sp³-hybridized carbons (Fsp3) is 0.538. The SMILES string of the molecule is CCC1=C(C(=O)O)C(C)(C)C(C(=O)O)=C(CC)N1.